The zero-order valence-corrected chi connectivity index (χ0v) is 39.2. The quantitative estimate of drug-likeness (QED) is 0.0992. The third-order valence-electron chi connectivity index (χ3n) is 13.5. The summed E-state index contributed by atoms with van der Waals surface area (Å²) in [5.74, 6) is 1.93. The Morgan fingerprint density at radius 3 is 1.75 bits per heavy atom. The number of nitrogens with one attached hydrogen (secondary N) is 4. The molecule has 354 valence electrons. The Balaban J connectivity index is 0.000000162. The fourth-order valence-corrected chi connectivity index (χ4v) is 10.1. The predicted molar refractivity (Wildman–Crippen MR) is 274 cm³/mol. The Morgan fingerprint density at radius 2 is 1.10 bits per heavy atom. The highest BCUT2D eigenvalue weighted by molar-refractivity contribution is 5.88. The molecule has 4 N–H and O–H groups in total. The molecule has 0 bridgehead atoms. The number of carbonyl (C=O) groups excluding carboxylic acids is 2. The number of nitrogens with zero attached hydrogens (tertiary/aromatic N) is 5. The molecule has 0 aliphatic carbocycles. The van der Waals surface area contributed by atoms with Gasteiger partial charge in [-0.15, -0.1) is 0 Å². The van der Waals surface area contributed by atoms with Gasteiger partial charge in [-0.25, -0.2) is 15.0 Å². The predicted octanol–water partition coefficient (Wildman–Crippen LogP) is 8.93. The number of aromatic nitrogens is 7. The molecule has 7 heterocycles. The number of aromatic amines is 2. The highest BCUT2D eigenvalue weighted by Crippen LogP contribution is 2.33. The van der Waals surface area contributed by atoms with Crippen molar-refractivity contribution in [1.29, 1.82) is 0 Å². The zero-order valence-electron chi connectivity index (χ0n) is 39.2. The minimum absolute atomic E-state index is 0.148. The third-order valence-corrected chi connectivity index (χ3v) is 13.5. The fourth-order valence-electron chi connectivity index (χ4n) is 10.1. The molecule has 0 saturated carbocycles. The van der Waals surface area contributed by atoms with Gasteiger partial charge < -0.3 is 25.3 Å². The van der Waals surface area contributed by atoms with Gasteiger partial charge in [-0.05, 0) is 89.5 Å². The van der Waals surface area contributed by atoms with Crippen LogP contribution in [-0.4, -0.2) is 45.9 Å². The zero-order chi connectivity index (χ0) is 48.6. The van der Waals surface area contributed by atoms with E-state index in [0.29, 0.717) is 71.8 Å². The highest BCUT2D eigenvalue weighted by atomic mass is 16.5. The van der Waals surface area contributed by atoms with Gasteiger partial charge in [0.15, 0.2) is 5.65 Å². The van der Waals surface area contributed by atoms with E-state index in [1.807, 2.05) is 134 Å². The molecule has 0 spiro atoms. The molecule has 0 saturated heterocycles. The molecule has 14 nitrogen and oxygen atoms in total. The summed E-state index contributed by atoms with van der Waals surface area (Å²) in [7, 11) is 0. The van der Waals surface area contributed by atoms with Crippen molar-refractivity contribution in [3.05, 3.63) is 213 Å². The summed E-state index contributed by atoms with van der Waals surface area (Å²) in [5, 5.41) is 9.33. The van der Waals surface area contributed by atoms with Crippen LogP contribution >= 0.6 is 0 Å². The number of rotatable bonds is 11. The van der Waals surface area contributed by atoms with Crippen LogP contribution < -0.4 is 26.5 Å². The molecule has 2 amide bonds. The summed E-state index contributed by atoms with van der Waals surface area (Å²) < 4.78 is 9.15. The molecule has 2 aliphatic rings. The monoisotopic (exact) mass is 941 g/mol. The van der Waals surface area contributed by atoms with Gasteiger partial charge >= 0.3 is 0 Å². The summed E-state index contributed by atoms with van der Waals surface area (Å²) in [6.07, 6.45) is 7.46. The molecule has 0 unspecified atom stereocenters. The van der Waals surface area contributed by atoms with Crippen molar-refractivity contribution in [2.45, 2.75) is 70.3 Å². The summed E-state index contributed by atoms with van der Waals surface area (Å²) in [5.41, 5.74) is 6.73. The first-order valence-corrected chi connectivity index (χ1v) is 24.0. The lowest BCUT2D eigenvalue weighted by Crippen LogP contribution is -2.49. The highest BCUT2D eigenvalue weighted by Gasteiger charge is 2.38. The molecule has 5 aromatic carbocycles. The molecule has 4 atom stereocenters. The van der Waals surface area contributed by atoms with Gasteiger partial charge in [0.2, 0.25) is 11.8 Å². The molecule has 12 rings (SSSR count). The van der Waals surface area contributed by atoms with E-state index in [1.165, 1.54) is 0 Å². The van der Waals surface area contributed by atoms with Crippen LogP contribution in [0.2, 0.25) is 0 Å². The van der Waals surface area contributed by atoms with E-state index in [-0.39, 0.29) is 29.0 Å². The van der Waals surface area contributed by atoms with Crippen molar-refractivity contribution in [3.63, 3.8) is 0 Å². The van der Waals surface area contributed by atoms with E-state index >= 15 is 0 Å². The first-order valence-electron chi connectivity index (χ1n) is 24.0. The Labute approximate surface area is 407 Å². The lowest BCUT2D eigenvalue weighted by atomic mass is 9.96. The molecule has 0 fully saturated rings. The van der Waals surface area contributed by atoms with Gasteiger partial charge in [0.25, 0.3) is 11.1 Å². The molecule has 10 aromatic rings. The van der Waals surface area contributed by atoms with E-state index in [9.17, 15) is 19.2 Å². The molecular weight excluding hydrogens is 891 g/mol. The van der Waals surface area contributed by atoms with E-state index < -0.39 is 18.1 Å². The lowest BCUT2D eigenvalue weighted by Gasteiger charge is -2.33. The average Bonchev–Trinajstić information content (AvgIpc) is 4.00. The van der Waals surface area contributed by atoms with Crippen LogP contribution in [0.15, 0.2) is 168 Å². The second-order valence-electron chi connectivity index (χ2n) is 18.7. The maximum Gasteiger partial charge on any atom is 0.263 e. The average molecular weight is 942 g/mol. The van der Waals surface area contributed by atoms with Crippen molar-refractivity contribution in [1.82, 2.24) is 44.7 Å². The number of H-pyrrole nitrogens is 2. The third kappa shape index (κ3) is 8.84. The number of ether oxygens (including phenoxy) is 1. The minimum Gasteiger partial charge on any atom is -0.489 e. The van der Waals surface area contributed by atoms with Crippen molar-refractivity contribution < 1.29 is 14.3 Å². The Hall–Kier alpha value is -8.65. The van der Waals surface area contributed by atoms with Crippen LogP contribution in [0, 0.1) is 5.92 Å². The number of hydrogen-bond acceptors (Lipinski definition) is 8. The van der Waals surface area contributed by atoms with E-state index in [0.717, 1.165) is 49.8 Å². The second-order valence-corrected chi connectivity index (χ2v) is 18.7. The maximum atomic E-state index is 13.9. The van der Waals surface area contributed by atoms with Crippen molar-refractivity contribution >= 4 is 55.6 Å². The molecule has 0 radical (unpaired) electrons. The molecule has 14 heteroatoms. The smallest absolute Gasteiger partial charge is 0.263 e. The molecule has 5 aromatic heterocycles. The van der Waals surface area contributed by atoms with Crippen molar-refractivity contribution in [2.24, 2.45) is 5.92 Å². The van der Waals surface area contributed by atoms with Gasteiger partial charge in [-0.2, -0.15) is 0 Å². The van der Waals surface area contributed by atoms with E-state index in [1.54, 1.807) is 33.5 Å². The standard InChI is InChI=1S/C34H28N4O3.C23H23N5O2/c39-33-31(19-24-20-35-28-12-6-4-10-26(24)28)38-32(36-29-13-7-5-11-27(29)34(38)40)30(37-33)18-22-14-16-25(17-15-22)41-21-23-8-2-1-3-9-23;1-13(2)10-18-21-27-20-16(7-5-9-24-20)23(30)28(21)19(22(29)26-18)11-14-12-25-17-8-4-3-6-15(14)17/h1-17,20,30-31,35H,18-19,21H2,(H,37,39);3-9,12-13,18-19,25H,10-11H2,1-2H3,(H,26,29)/t30-,31+;18-,19+/m10/s1. The van der Waals surface area contributed by atoms with Crippen LogP contribution in [0.3, 0.4) is 0 Å². The first-order chi connectivity index (χ1) is 34.7. The van der Waals surface area contributed by atoms with Crippen LogP contribution in [-0.2, 0) is 35.5 Å². The first kappa shape index (κ1) is 44.8. The lowest BCUT2D eigenvalue weighted by molar-refractivity contribution is -0.127. The Bertz CT molecular complexity index is 3730. The van der Waals surface area contributed by atoms with Gasteiger partial charge in [0.05, 0.1) is 28.4 Å². The maximum absolute atomic E-state index is 13.9. The number of carbonyl (C=O) groups is 2. The van der Waals surface area contributed by atoms with Gasteiger partial charge in [-0.3, -0.25) is 28.3 Å². The van der Waals surface area contributed by atoms with E-state index in [2.05, 4.69) is 39.4 Å². The van der Waals surface area contributed by atoms with Crippen LogP contribution in [0.25, 0.3) is 43.7 Å². The molecular formula is C57H51N9O5. The van der Waals surface area contributed by atoms with Gasteiger partial charge in [0, 0.05) is 53.2 Å². The van der Waals surface area contributed by atoms with Gasteiger partial charge in [-0.1, -0.05) is 105 Å². The number of para-hydroxylation sites is 3. The van der Waals surface area contributed by atoms with Crippen LogP contribution in [0.5, 0.6) is 5.75 Å². The molecule has 2 aliphatic heterocycles. The summed E-state index contributed by atoms with van der Waals surface area (Å²) in [6, 6.07) is 42.5. The van der Waals surface area contributed by atoms with Crippen LogP contribution in [0.4, 0.5) is 0 Å². The summed E-state index contributed by atoms with van der Waals surface area (Å²) in [6.45, 7) is 4.67. The van der Waals surface area contributed by atoms with Gasteiger partial charge in [0.1, 0.15) is 36.1 Å². The van der Waals surface area contributed by atoms with Crippen molar-refractivity contribution in [2.75, 3.05) is 0 Å². The minimum atomic E-state index is -0.709. The normalized spacial score (nSPS) is 17.4. The van der Waals surface area contributed by atoms with E-state index in [4.69, 9.17) is 14.7 Å². The number of fused-ring (bicyclic) bond motifs is 6. The topological polar surface area (TPSA) is 182 Å². The fraction of sp³-hybridized carbons (Fsp3) is 0.211. The largest absolute Gasteiger partial charge is 0.489 e. The van der Waals surface area contributed by atoms with Crippen molar-refractivity contribution in [3.8, 4) is 5.75 Å². The number of pyridine rings is 1. The Kier molecular flexibility index (Phi) is 12.0. The summed E-state index contributed by atoms with van der Waals surface area (Å²) in [4.78, 5) is 74.6. The summed E-state index contributed by atoms with van der Waals surface area (Å²) >= 11 is 0. The molecule has 71 heavy (non-hydrogen) atoms. The Morgan fingerprint density at radius 1 is 0.549 bits per heavy atom. The van der Waals surface area contributed by atoms with Crippen LogP contribution in [0.1, 0.15) is 78.3 Å². The number of amides is 2. The number of benzene rings is 5. The second kappa shape index (κ2) is 19.0. The number of hydrogen-bond donors (Lipinski definition) is 4. The SMILES string of the molecule is CC(C)C[C@@H]1NC(=O)[C@@H](Cc2c[nH]c3ccccc23)n2c1nc1ncccc1c2=O.O=C1N[C@H](Cc2ccc(OCc3ccccc3)cc2)c2nc3ccccc3c(=O)n2[C@H]1Cc1c[nH]c2ccccc12.